The summed E-state index contributed by atoms with van der Waals surface area (Å²) in [4.78, 5) is 0. The van der Waals surface area contributed by atoms with Crippen molar-refractivity contribution in [2.45, 2.75) is 6.42 Å². The van der Waals surface area contributed by atoms with Crippen molar-refractivity contribution in [2.75, 3.05) is 13.2 Å². The quantitative estimate of drug-likeness (QED) is 0.711. The minimum absolute atomic E-state index is 0.0767. The van der Waals surface area contributed by atoms with E-state index in [1.54, 1.807) is 6.07 Å². The topological polar surface area (TPSA) is 42.2 Å². The number of fused-ring (bicyclic) bond motifs is 1. The van der Waals surface area contributed by atoms with Crippen LogP contribution >= 0.6 is 0 Å². The maximum Gasteiger partial charge on any atom is 0.168 e. The molecule has 0 spiro atoms. The molecular formula is C10H7F2NO2. The summed E-state index contributed by atoms with van der Waals surface area (Å²) in [5.41, 5.74) is -0.0767. The molecule has 0 aromatic heterocycles. The van der Waals surface area contributed by atoms with Gasteiger partial charge in [-0.1, -0.05) is 0 Å². The number of hydrogen-bond donors (Lipinski definition) is 0. The summed E-state index contributed by atoms with van der Waals surface area (Å²) in [6.45, 7) is 0.570. The molecule has 0 radical (unpaired) electrons. The molecule has 1 aliphatic heterocycles. The van der Waals surface area contributed by atoms with Crippen LogP contribution in [0.4, 0.5) is 8.78 Å². The smallest absolute Gasteiger partial charge is 0.168 e. The highest BCUT2D eigenvalue weighted by Gasteiger charge is 2.23. The molecular weight excluding hydrogens is 204 g/mol. The lowest BCUT2D eigenvalue weighted by Crippen LogP contribution is -2.17. The molecule has 0 N–H and O–H groups in total. The van der Waals surface area contributed by atoms with Crippen molar-refractivity contribution >= 4 is 0 Å². The van der Waals surface area contributed by atoms with Gasteiger partial charge in [-0.15, -0.1) is 0 Å². The standard InChI is InChI=1S/C10H7F2NO2/c11-7-5-8-10(15-4-3-14-8)6(1-2-13)9(7)12/h5H,1,3-4H2. The third-order valence-electron chi connectivity index (χ3n) is 2.07. The van der Waals surface area contributed by atoms with Gasteiger partial charge in [-0.3, -0.25) is 0 Å². The number of benzene rings is 1. The number of rotatable bonds is 1. The van der Waals surface area contributed by atoms with Crippen LogP contribution in [0.3, 0.4) is 0 Å². The molecule has 0 unspecified atom stereocenters. The molecule has 1 heterocycles. The molecule has 1 aromatic carbocycles. The van der Waals surface area contributed by atoms with Crippen molar-refractivity contribution in [1.82, 2.24) is 0 Å². The van der Waals surface area contributed by atoms with Gasteiger partial charge in [0.05, 0.1) is 18.1 Å². The number of ether oxygens (including phenoxy) is 2. The Morgan fingerprint density at radius 2 is 2.07 bits per heavy atom. The molecule has 0 amide bonds. The lowest BCUT2D eigenvalue weighted by atomic mass is 10.1. The van der Waals surface area contributed by atoms with E-state index in [1.807, 2.05) is 0 Å². The van der Waals surface area contributed by atoms with Crippen molar-refractivity contribution < 1.29 is 18.3 Å². The highest BCUT2D eigenvalue weighted by Crippen LogP contribution is 2.36. The van der Waals surface area contributed by atoms with E-state index < -0.39 is 11.6 Å². The lowest BCUT2D eigenvalue weighted by Gasteiger charge is -2.20. The predicted molar refractivity (Wildman–Crippen MR) is 46.7 cm³/mol. The van der Waals surface area contributed by atoms with E-state index in [0.717, 1.165) is 6.07 Å². The molecule has 0 bridgehead atoms. The number of hydrogen-bond acceptors (Lipinski definition) is 3. The van der Waals surface area contributed by atoms with E-state index >= 15 is 0 Å². The molecule has 3 nitrogen and oxygen atoms in total. The van der Waals surface area contributed by atoms with Gasteiger partial charge in [-0.2, -0.15) is 5.26 Å². The van der Waals surface area contributed by atoms with E-state index in [-0.39, 0.29) is 30.1 Å². The van der Waals surface area contributed by atoms with E-state index in [1.165, 1.54) is 0 Å². The highest BCUT2D eigenvalue weighted by molar-refractivity contribution is 5.49. The first-order valence-electron chi connectivity index (χ1n) is 4.37. The summed E-state index contributed by atoms with van der Waals surface area (Å²) in [5.74, 6) is -1.77. The lowest BCUT2D eigenvalue weighted by molar-refractivity contribution is 0.167. The second-order valence-electron chi connectivity index (χ2n) is 3.01. The second-order valence-corrected chi connectivity index (χ2v) is 3.01. The summed E-state index contributed by atoms with van der Waals surface area (Å²) in [7, 11) is 0. The third kappa shape index (κ3) is 1.59. The normalized spacial score (nSPS) is 13.4. The maximum absolute atomic E-state index is 13.3. The summed E-state index contributed by atoms with van der Waals surface area (Å²) >= 11 is 0. The zero-order chi connectivity index (χ0) is 10.8. The predicted octanol–water partition coefficient (Wildman–Crippen LogP) is 1.80. The van der Waals surface area contributed by atoms with Crippen LogP contribution in [0.15, 0.2) is 6.07 Å². The van der Waals surface area contributed by atoms with E-state index in [9.17, 15) is 8.78 Å². The summed E-state index contributed by atoms with van der Waals surface area (Å²) < 4.78 is 36.7. The fraction of sp³-hybridized carbons (Fsp3) is 0.300. The van der Waals surface area contributed by atoms with Gasteiger partial charge in [0.25, 0.3) is 0 Å². The molecule has 2 rings (SSSR count). The molecule has 78 valence electrons. The van der Waals surface area contributed by atoms with Crippen LogP contribution in [0.25, 0.3) is 0 Å². The van der Waals surface area contributed by atoms with Gasteiger partial charge >= 0.3 is 0 Å². The Hall–Kier alpha value is -1.83. The first-order valence-corrected chi connectivity index (χ1v) is 4.37. The van der Waals surface area contributed by atoms with Gasteiger partial charge in [-0.05, 0) is 0 Å². The summed E-state index contributed by atoms with van der Waals surface area (Å²) in [6, 6.07) is 2.70. The van der Waals surface area contributed by atoms with E-state index in [0.29, 0.717) is 6.61 Å². The van der Waals surface area contributed by atoms with Gasteiger partial charge < -0.3 is 9.47 Å². The Kier molecular flexibility index (Phi) is 2.42. The molecule has 0 fully saturated rings. The van der Waals surface area contributed by atoms with Gasteiger partial charge in [0.15, 0.2) is 23.1 Å². The SMILES string of the molecule is N#CCc1c(F)c(F)cc2c1OCCO2. The molecule has 5 heteroatoms. The number of halogens is 2. The summed E-state index contributed by atoms with van der Waals surface area (Å²) in [6.07, 6.45) is -0.241. The minimum Gasteiger partial charge on any atom is -0.486 e. The van der Waals surface area contributed by atoms with Crippen LogP contribution in [0.1, 0.15) is 5.56 Å². The monoisotopic (exact) mass is 211 g/mol. The van der Waals surface area contributed by atoms with Crippen LogP contribution in [-0.4, -0.2) is 13.2 Å². The fourth-order valence-corrected chi connectivity index (χ4v) is 1.43. The highest BCUT2D eigenvalue weighted by atomic mass is 19.2. The van der Waals surface area contributed by atoms with Crippen LogP contribution in [0.2, 0.25) is 0 Å². The van der Waals surface area contributed by atoms with Gasteiger partial charge in [-0.25, -0.2) is 8.78 Å². The molecule has 1 aliphatic rings. The Bertz CT molecular complexity index is 440. The molecule has 1 aromatic rings. The van der Waals surface area contributed by atoms with Crippen molar-refractivity contribution in [2.24, 2.45) is 0 Å². The van der Waals surface area contributed by atoms with Crippen LogP contribution < -0.4 is 9.47 Å². The van der Waals surface area contributed by atoms with Crippen LogP contribution in [0.5, 0.6) is 11.5 Å². The third-order valence-corrected chi connectivity index (χ3v) is 2.07. The largest absolute Gasteiger partial charge is 0.486 e. The molecule has 15 heavy (non-hydrogen) atoms. The van der Waals surface area contributed by atoms with Crippen molar-refractivity contribution in [1.29, 1.82) is 5.26 Å². The molecule has 0 atom stereocenters. The Morgan fingerprint density at radius 1 is 1.33 bits per heavy atom. The van der Waals surface area contributed by atoms with Crippen LogP contribution in [-0.2, 0) is 6.42 Å². The first-order chi connectivity index (χ1) is 7.24. The molecule has 0 saturated heterocycles. The Labute approximate surface area is 84.8 Å². The fourth-order valence-electron chi connectivity index (χ4n) is 1.43. The Morgan fingerprint density at radius 3 is 2.80 bits per heavy atom. The van der Waals surface area contributed by atoms with Gasteiger partial charge in [0.2, 0.25) is 0 Å². The van der Waals surface area contributed by atoms with Crippen LogP contribution in [0, 0.1) is 23.0 Å². The van der Waals surface area contributed by atoms with E-state index in [2.05, 4.69) is 0 Å². The van der Waals surface area contributed by atoms with E-state index in [4.69, 9.17) is 14.7 Å². The number of nitrogens with zero attached hydrogens (tertiary/aromatic N) is 1. The van der Waals surface area contributed by atoms with Crippen molar-refractivity contribution in [3.63, 3.8) is 0 Å². The van der Waals surface area contributed by atoms with Crippen molar-refractivity contribution in [3.05, 3.63) is 23.3 Å². The second kappa shape index (κ2) is 3.73. The first kappa shape index (κ1) is 9.71. The maximum atomic E-state index is 13.3. The molecule has 0 saturated carbocycles. The average molecular weight is 211 g/mol. The van der Waals surface area contributed by atoms with Gasteiger partial charge in [0, 0.05) is 6.07 Å². The van der Waals surface area contributed by atoms with Crippen molar-refractivity contribution in [3.8, 4) is 17.6 Å². The average Bonchev–Trinajstić information content (AvgIpc) is 2.25. The summed E-state index contributed by atoms with van der Waals surface area (Å²) in [5, 5.41) is 8.50. The Balaban J connectivity index is 2.58. The van der Waals surface area contributed by atoms with Gasteiger partial charge in [0.1, 0.15) is 13.2 Å². The zero-order valence-corrected chi connectivity index (χ0v) is 7.72. The number of nitriles is 1. The zero-order valence-electron chi connectivity index (χ0n) is 7.72. The minimum atomic E-state index is -1.04. The molecule has 0 aliphatic carbocycles.